The molecule has 202 valence electrons. The Morgan fingerprint density at radius 1 is 1.07 bits per heavy atom. The van der Waals surface area contributed by atoms with Crippen molar-refractivity contribution in [2.45, 2.75) is 38.6 Å². The zero-order chi connectivity index (χ0) is 27.8. The van der Waals surface area contributed by atoms with Crippen molar-refractivity contribution in [1.82, 2.24) is 4.57 Å². The predicted octanol–water partition coefficient (Wildman–Crippen LogP) is 6.02. The molecule has 5 nitrogen and oxygen atoms in total. The van der Waals surface area contributed by atoms with Gasteiger partial charge in [-0.1, -0.05) is 92.4 Å². The van der Waals surface area contributed by atoms with Crippen molar-refractivity contribution in [2.24, 2.45) is 4.99 Å². The number of fused-ring (bicyclic) bond motifs is 3. The number of hydrogen-bond acceptors (Lipinski definition) is 5. The van der Waals surface area contributed by atoms with Crippen molar-refractivity contribution in [3.8, 4) is 11.5 Å². The first kappa shape index (κ1) is 26.1. The molecular weight excluding hydrogens is 516 g/mol. The van der Waals surface area contributed by atoms with Crippen molar-refractivity contribution in [3.63, 3.8) is 0 Å². The molecular formula is C34H32N2O3S. The highest BCUT2D eigenvalue weighted by molar-refractivity contribution is 7.07. The van der Waals surface area contributed by atoms with Crippen LogP contribution in [0, 0.1) is 0 Å². The summed E-state index contributed by atoms with van der Waals surface area (Å²) in [7, 11) is 1.61. The van der Waals surface area contributed by atoms with E-state index in [1.165, 1.54) is 33.6 Å². The Balaban J connectivity index is 1.52. The molecule has 1 aliphatic heterocycles. The van der Waals surface area contributed by atoms with Crippen LogP contribution in [0.15, 0.2) is 94.7 Å². The van der Waals surface area contributed by atoms with Crippen LogP contribution in [0.4, 0.5) is 0 Å². The number of ether oxygens (including phenoxy) is 2. The van der Waals surface area contributed by atoms with Crippen molar-refractivity contribution in [1.29, 1.82) is 0 Å². The maximum atomic E-state index is 14.1. The van der Waals surface area contributed by atoms with Gasteiger partial charge in [0.1, 0.15) is 6.61 Å². The van der Waals surface area contributed by atoms with Gasteiger partial charge in [0.2, 0.25) is 0 Å². The van der Waals surface area contributed by atoms with Crippen LogP contribution in [0.3, 0.4) is 0 Å². The topological polar surface area (TPSA) is 52.8 Å². The van der Waals surface area contributed by atoms with Crippen LogP contribution in [0.1, 0.15) is 60.0 Å². The number of methoxy groups -OCH3 is 1. The fraction of sp³-hybridized carbons (Fsp3) is 0.235. The molecule has 0 N–H and O–H groups in total. The second-order valence-electron chi connectivity index (χ2n) is 10.4. The molecule has 0 radical (unpaired) electrons. The first-order chi connectivity index (χ1) is 19.5. The Labute approximate surface area is 238 Å². The molecule has 0 spiro atoms. The second-order valence-corrected chi connectivity index (χ2v) is 11.5. The molecule has 40 heavy (non-hydrogen) atoms. The average molecular weight is 549 g/mol. The molecule has 0 saturated heterocycles. The van der Waals surface area contributed by atoms with E-state index in [0.717, 1.165) is 34.5 Å². The predicted molar refractivity (Wildman–Crippen MR) is 162 cm³/mol. The molecule has 0 bridgehead atoms. The van der Waals surface area contributed by atoms with Crippen LogP contribution in [0.25, 0.3) is 11.8 Å². The lowest BCUT2D eigenvalue weighted by atomic mass is 9.83. The summed E-state index contributed by atoms with van der Waals surface area (Å²) in [5.74, 6) is 1.69. The smallest absolute Gasteiger partial charge is 0.271 e. The summed E-state index contributed by atoms with van der Waals surface area (Å²) >= 11 is 1.43. The van der Waals surface area contributed by atoms with Crippen LogP contribution in [0.2, 0.25) is 0 Å². The first-order valence-corrected chi connectivity index (χ1v) is 14.4. The van der Waals surface area contributed by atoms with Gasteiger partial charge in [0.15, 0.2) is 16.3 Å². The second kappa shape index (κ2) is 10.8. The third kappa shape index (κ3) is 4.62. The lowest BCUT2D eigenvalue weighted by Crippen LogP contribution is -2.38. The number of aromatic nitrogens is 1. The first-order valence-electron chi connectivity index (χ1n) is 13.6. The van der Waals surface area contributed by atoms with Gasteiger partial charge in [-0.2, -0.15) is 0 Å². The molecule has 3 aromatic carbocycles. The molecule has 0 fully saturated rings. The maximum Gasteiger partial charge on any atom is 0.271 e. The van der Waals surface area contributed by atoms with E-state index >= 15 is 0 Å². The molecule has 2 aliphatic rings. The molecule has 0 amide bonds. The van der Waals surface area contributed by atoms with Crippen molar-refractivity contribution >= 4 is 23.1 Å². The van der Waals surface area contributed by atoms with E-state index in [9.17, 15) is 4.79 Å². The summed E-state index contributed by atoms with van der Waals surface area (Å²) in [5.41, 5.74) is 7.93. The minimum atomic E-state index is -0.188. The van der Waals surface area contributed by atoms with Crippen LogP contribution in [0.5, 0.6) is 11.5 Å². The van der Waals surface area contributed by atoms with E-state index in [1.807, 2.05) is 28.8 Å². The van der Waals surface area contributed by atoms with Crippen molar-refractivity contribution in [3.05, 3.63) is 132 Å². The highest BCUT2D eigenvalue weighted by Gasteiger charge is 2.32. The van der Waals surface area contributed by atoms with Gasteiger partial charge >= 0.3 is 0 Å². The Morgan fingerprint density at radius 2 is 1.88 bits per heavy atom. The molecule has 1 aliphatic carbocycles. The Morgan fingerprint density at radius 3 is 2.62 bits per heavy atom. The fourth-order valence-corrected chi connectivity index (χ4v) is 6.58. The zero-order valence-corrected chi connectivity index (χ0v) is 23.8. The van der Waals surface area contributed by atoms with Gasteiger partial charge in [-0.15, -0.1) is 0 Å². The van der Waals surface area contributed by atoms with E-state index in [-0.39, 0.29) is 11.6 Å². The molecule has 6 rings (SSSR count). The molecule has 1 unspecified atom stereocenters. The SMILES string of the molecule is C=CCOc1ccc(C=c2sc3n(c2=O)C(c2ccc(C(C)C)cc2)C2=C(N=3)c3ccccc3CC2)cc1OC. The van der Waals surface area contributed by atoms with Crippen LogP contribution in [-0.2, 0) is 6.42 Å². The average Bonchev–Trinajstić information content (AvgIpc) is 3.29. The Bertz CT molecular complexity index is 1810. The van der Waals surface area contributed by atoms with Gasteiger partial charge in [-0.3, -0.25) is 9.36 Å². The van der Waals surface area contributed by atoms with Gasteiger partial charge in [0.25, 0.3) is 5.56 Å². The minimum Gasteiger partial charge on any atom is -0.493 e. The van der Waals surface area contributed by atoms with Gasteiger partial charge in [0.05, 0.1) is 23.4 Å². The van der Waals surface area contributed by atoms with Crippen LogP contribution in [-0.4, -0.2) is 18.3 Å². The summed E-state index contributed by atoms with van der Waals surface area (Å²) in [5, 5.41) is 0. The quantitative estimate of drug-likeness (QED) is 0.266. The molecule has 1 aromatic heterocycles. The molecule has 2 heterocycles. The number of aryl methyl sites for hydroxylation is 1. The fourth-order valence-electron chi connectivity index (χ4n) is 5.58. The number of nitrogens with zero attached hydrogens (tertiary/aromatic N) is 2. The van der Waals surface area contributed by atoms with Gasteiger partial charge in [-0.25, -0.2) is 4.99 Å². The molecule has 4 aromatic rings. The summed E-state index contributed by atoms with van der Waals surface area (Å²) in [6.07, 6.45) is 5.42. The van der Waals surface area contributed by atoms with Crippen molar-refractivity contribution < 1.29 is 9.47 Å². The number of hydrogen-bond donors (Lipinski definition) is 0. The number of rotatable bonds is 7. The van der Waals surface area contributed by atoms with Crippen LogP contribution < -0.4 is 24.4 Å². The molecule has 0 saturated carbocycles. The van der Waals surface area contributed by atoms with Gasteiger partial charge in [-0.05, 0) is 64.8 Å². The number of allylic oxidation sites excluding steroid dienone is 1. The molecule has 1 atom stereocenters. The van der Waals surface area contributed by atoms with E-state index in [2.05, 4.69) is 69.0 Å². The van der Waals surface area contributed by atoms with Gasteiger partial charge in [0, 0.05) is 5.56 Å². The minimum absolute atomic E-state index is 0.0296. The monoisotopic (exact) mass is 548 g/mol. The standard InChI is InChI=1S/C34H32N2O3S/c1-5-18-39-28-17-10-22(19-29(28)38-4)20-30-33(37)36-32(25-13-11-23(12-14-25)21(2)3)27-16-15-24-8-6-7-9-26(24)31(27)35-34(36)40-30/h5-14,17,19-21,32H,1,15-16,18H2,2-4H3. The van der Waals surface area contributed by atoms with E-state index in [4.69, 9.17) is 14.5 Å². The Hall–Kier alpha value is -4.16. The maximum absolute atomic E-state index is 14.1. The van der Waals surface area contributed by atoms with Gasteiger partial charge < -0.3 is 9.47 Å². The Kier molecular flexibility index (Phi) is 7.03. The third-order valence-electron chi connectivity index (χ3n) is 7.63. The summed E-state index contributed by atoms with van der Waals surface area (Å²) in [6, 6.07) is 22.7. The van der Waals surface area contributed by atoms with E-state index in [0.29, 0.717) is 28.6 Å². The van der Waals surface area contributed by atoms with Crippen molar-refractivity contribution in [2.75, 3.05) is 13.7 Å². The summed E-state index contributed by atoms with van der Waals surface area (Å²) in [4.78, 5) is 19.9. The highest BCUT2D eigenvalue weighted by Crippen LogP contribution is 2.41. The lowest BCUT2D eigenvalue weighted by molar-refractivity contribution is 0.326. The number of benzene rings is 3. The van der Waals surface area contributed by atoms with E-state index in [1.54, 1.807) is 13.2 Å². The normalized spacial score (nSPS) is 16.2. The third-order valence-corrected chi connectivity index (χ3v) is 8.62. The molecule has 6 heteroatoms. The van der Waals surface area contributed by atoms with E-state index < -0.39 is 0 Å². The number of thiazole rings is 1. The lowest BCUT2D eigenvalue weighted by Gasteiger charge is -2.31. The summed E-state index contributed by atoms with van der Waals surface area (Å²) in [6.45, 7) is 8.49. The zero-order valence-electron chi connectivity index (χ0n) is 23.0. The van der Waals surface area contributed by atoms with Crippen LogP contribution >= 0.6 is 11.3 Å². The summed E-state index contributed by atoms with van der Waals surface area (Å²) < 4.78 is 13.8. The highest BCUT2D eigenvalue weighted by atomic mass is 32.1. The largest absolute Gasteiger partial charge is 0.493 e.